The number of pyridine rings is 1. The molecule has 5 heterocycles. The fourth-order valence-electron chi connectivity index (χ4n) is 9.81. The molecular formula is C51H68N8O8. The Bertz CT molecular complexity index is 2520. The van der Waals surface area contributed by atoms with Gasteiger partial charge in [-0.3, -0.25) is 39.3 Å². The topological polar surface area (TPSA) is 198 Å². The summed E-state index contributed by atoms with van der Waals surface area (Å²) >= 11 is 0. The highest BCUT2D eigenvalue weighted by Crippen LogP contribution is 2.42. The van der Waals surface area contributed by atoms with Crippen LogP contribution in [0.25, 0.3) is 33.3 Å². The van der Waals surface area contributed by atoms with Crippen molar-refractivity contribution in [3.8, 4) is 28.1 Å². The molecule has 16 heteroatoms. The Labute approximate surface area is 393 Å². The number of methoxy groups -OCH3 is 1. The maximum atomic E-state index is 14.7. The number of esters is 1. The van der Waals surface area contributed by atoms with Gasteiger partial charge in [-0.25, -0.2) is 5.43 Å². The second-order valence-corrected chi connectivity index (χ2v) is 19.6. The van der Waals surface area contributed by atoms with Gasteiger partial charge in [-0.05, 0) is 104 Å². The quantitative estimate of drug-likeness (QED) is 0.108. The van der Waals surface area contributed by atoms with Crippen molar-refractivity contribution in [2.45, 2.75) is 123 Å². The molecule has 2 aromatic heterocycles. The monoisotopic (exact) mass is 921 g/mol. The van der Waals surface area contributed by atoms with E-state index in [1.54, 1.807) is 32.5 Å². The van der Waals surface area contributed by atoms with Crippen molar-refractivity contribution in [2.75, 3.05) is 40.9 Å². The van der Waals surface area contributed by atoms with Crippen LogP contribution in [0.15, 0.2) is 54.7 Å². The first-order chi connectivity index (χ1) is 31.9. The molecule has 67 heavy (non-hydrogen) atoms. The van der Waals surface area contributed by atoms with Crippen molar-refractivity contribution < 1.29 is 38.6 Å². The molecule has 16 nitrogen and oxygen atoms in total. The van der Waals surface area contributed by atoms with Crippen LogP contribution < -0.4 is 16.1 Å². The fraction of sp³-hybridized carbons (Fsp3) is 0.529. The lowest BCUT2D eigenvalue weighted by atomic mass is 9.84. The molecule has 2 fully saturated rings. The van der Waals surface area contributed by atoms with Gasteiger partial charge in [-0.2, -0.15) is 0 Å². The number of nitrogens with one attached hydrogen (secondary N) is 3. The van der Waals surface area contributed by atoms with E-state index in [1.807, 2.05) is 45.9 Å². The molecule has 0 saturated carbocycles. The Kier molecular flexibility index (Phi) is 14.8. The molecular weight excluding hydrogens is 853 g/mol. The van der Waals surface area contributed by atoms with Gasteiger partial charge in [0.1, 0.15) is 29.9 Å². The van der Waals surface area contributed by atoms with E-state index in [4.69, 9.17) is 14.5 Å². The van der Waals surface area contributed by atoms with E-state index >= 15 is 0 Å². The minimum atomic E-state index is -1.18. The van der Waals surface area contributed by atoms with Crippen molar-refractivity contribution in [1.29, 1.82) is 0 Å². The summed E-state index contributed by atoms with van der Waals surface area (Å²) in [7, 11) is 4.77. The molecule has 6 atom stereocenters. The largest absolute Gasteiger partial charge is 0.508 e. The summed E-state index contributed by atoms with van der Waals surface area (Å²) in [5.74, 6) is -2.54. The van der Waals surface area contributed by atoms with Gasteiger partial charge in [0.15, 0.2) is 0 Å². The number of aryl methyl sites for hydroxylation is 1. The van der Waals surface area contributed by atoms with Crippen LogP contribution in [-0.4, -0.2) is 130 Å². The minimum absolute atomic E-state index is 0.0177. The lowest BCUT2D eigenvalue weighted by Gasteiger charge is -2.37. The second-order valence-electron chi connectivity index (χ2n) is 19.6. The first-order valence-corrected chi connectivity index (χ1v) is 23.6. The highest BCUT2D eigenvalue weighted by molar-refractivity contribution is 5.96. The van der Waals surface area contributed by atoms with E-state index in [2.05, 4.69) is 59.6 Å². The first kappa shape index (κ1) is 49.1. The van der Waals surface area contributed by atoms with Crippen LogP contribution >= 0.6 is 0 Å². The third-order valence-electron chi connectivity index (χ3n) is 13.5. The third kappa shape index (κ3) is 10.5. The summed E-state index contributed by atoms with van der Waals surface area (Å²) in [5.41, 5.74) is 9.49. The van der Waals surface area contributed by atoms with Crippen LogP contribution in [-0.2, 0) is 52.8 Å². The zero-order valence-corrected chi connectivity index (χ0v) is 40.6. The van der Waals surface area contributed by atoms with Gasteiger partial charge in [-0.1, -0.05) is 46.8 Å². The lowest BCUT2D eigenvalue weighted by molar-refractivity contribution is -0.155. The standard InChI is InChI=1S/C51H68N8O8/c1-11-38-44(53-38)49(64)56(8)27-42(61)57(9)45(29(3)4)47(62)54-40-23-31-21-33(24-34(60)22-31)32-17-18-41-36(25-32)37(46(58(41)12-2)35-15-13-19-52-43(35)30(5)66-10)26-51(6,7)28-67-50(65)39-16-14-20-59(55-39)48(40)63/h13,15,17-19,21-22,24-25,29-30,38-40,44-45,53,55,60H,11-12,14,16,20,23,26-28H2,1-10H3,(H,54,62)/t30-,38+,39-,40-,44+,45-/m0/s1. The number of aromatic hydroxyl groups is 1. The van der Waals surface area contributed by atoms with Crippen molar-refractivity contribution in [3.05, 3.63) is 71.5 Å². The number of carbonyl (C=O) groups excluding carboxylic acids is 5. The van der Waals surface area contributed by atoms with E-state index in [9.17, 15) is 29.1 Å². The number of phenols is 1. The van der Waals surface area contributed by atoms with Gasteiger partial charge in [-0.15, -0.1) is 0 Å². The van der Waals surface area contributed by atoms with Gasteiger partial charge in [0.2, 0.25) is 17.7 Å². The number of ether oxygens (including phenoxy) is 2. The summed E-state index contributed by atoms with van der Waals surface area (Å²) in [6, 6.07) is 12.2. The zero-order valence-electron chi connectivity index (χ0n) is 40.6. The van der Waals surface area contributed by atoms with E-state index in [1.165, 1.54) is 21.9 Å². The number of aromatic nitrogens is 2. The van der Waals surface area contributed by atoms with Crippen molar-refractivity contribution in [1.82, 2.24) is 40.4 Å². The molecule has 0 spiro atoms. The Morgan fingerprint density at radius 3 is 2.51 bits per heavy atom. The van der Waals surface area contributed by atoms with Gasteiger partial charge in [0.05, 0.1) is 30.6 Å². The summed E-state index contributed by atoms with van der Waals surface area (Å²) in [6.45, 7) is 14.7. The highest BCUT2D eigenvalue weighted by atomic mass is 16.5. The van der Waals surface area contributed by atoms with Crippen molar-refractivity contribution >= 4 is 40.5 Å². The van der Waals surface area contributed by atoms with Gasteiger partial charge in [0.25, 0.3) is 5.91 Å². The maximum absolute atomic E-state index is 14.7. The molecule has 7 rings (SSSR count). The molecule has 4 amide bonds. The van der Waals surface area contributed by atoms with Crippen LogP contribution in [0.2, 0.25) is 0 Å². The number of amides is 4. The summed E-state index contributed by atoms with van der Waals surface area (Å²) < 4.78 is 14.2. The molecule has 3 aliphatic heterocycles. The molecule has 0 radical (unpaired) electrons. The molecule has 0 unspecified atom stereocenters. The second kappa shape index (κ2) is 20.2. The number of carbonyl (C=O) groups is 5. The van der Waals surface area contributed by atoms with E-state index in [0.717, 1.165) is 45.4 Å². The third-order valence-corrected chi connectivity index (χ3v) is 13.5. The van der Waals surface area contributed by atoms with E-state index in [0.29, 0.717) is 36.9 Å². The van der Waals surface area contributed by atoms with Crippen LogP contribution in [0.3, 0.4) is 0 Å². The summed E-state index contributed by atoms with van der Waals surface area (Å²) in [4.78, 5) is 77.3. The number of fused-ring (bicyclic) bond motifs is 6. The predicted molar refractivity (Wildman–Crippen MR) is 255 cm³/mol. The number of likely N-dealkylation sites (N-methyl/N-ethyl adjacent to an activating group) is 2. The Morgan fingerprint density at radius 2 is 1.82 bits per heavy atom. The van der Waals surface area contributed by atoms with Gasteiger partial charge >= 0.3 is 5.97 Å². The van der Waals surface area contributed by atoms with E-state index in [-0.39, 0.29) is 61.9 Å². The zero-order chi connectivity index (χ0) is 48.5. The average molecular weight is 921 g/mol. The first-order valence-electron chi connectivity index (χ1n) is 23.6. The lowest BCUT2D eigenvalue weighted by Crippen LogP contribution is -2.62. The number of hydrogen-bond donors (Lipinski definition) is 4. The summed E-state index contributed by atoms with van der Waals surface area (Å²) in [6.07, 6.45) is 3.73. The highest BCUT2D eigenvalue weighted by Gasteiger charge is 2.43. The molecule has 4 N–H and O–H groups in total. The van der Waals surface area contributed by atoms with Crippen LogP contribution in [0, 0.1) is 11.3 Å². The van der Waals surface area contributed by atoms with Crippen LogP contribution in [0.4, 0.5) is 0 Å². The molecule has 0 aliphatic carbocycles. The SMILES string of the molecule is CC[C@H]1N[C@H]1C(=O)N(C)CC(=O)N(C)[C@H](C(=O)N[C@H]1Cc2cc(O)cc(c2)-c2ccc3c(c2)c(c(-c2cccnc2[C@H](C)OC)n3CC)CC(C)(C)COC(=O)[C@@H]2CCCN(N2)C1=O)C(C)C. The smallest absolute Gasteiger partial charge is 0.324 e. The van der Waals surface area contributed by atoms with Crippen LogP contribution in [0.1, 0.15) is 90.7 Å². The molecule has 3 aliphatic rings. The number of nitrogens with zero attached hydrogens (tertiary/aromatic N) is 5. The Hall–Kier alpha value is -5.84. The number of benzene rings is 2. The summed E-state index contributed by atoms with van der Waals surface area (Å²) in [5, 5.41) is 19.8. The average Bonchev–Trinajstić information content (AvgIpc) is 4.04. The van der Waals surface area contributed by atoms with Crippen molar-refractivity contribution in [2.24, 2.45) is 11.3 Å². The molecule has 2 aromatic carbocycles. The maximum Gasteiger partial charge on any atom is 0.324 e. The predicted octanol–water partition coefficient (Wildman–Crippen LogP) is 5.14. The fourth-order valence-corrected chi connectivity index (χ4v) is 9.81. The molecule has 4 aromatic rings. The Balaban J connectivity index is 1.29. The van der Waals surface area contributed by atoms with E-state index < -0.39 is 47.2 Å². The molecule has 6 bridgehead atoms. The number of phenolic OH excluding ortho intramolecular Hbond substituents is 1. The van der Waals surface area contributed by atoms with Crippen LogP contribution in [0.5, 0.6) is 5.75 Å². The van der Waals surface area contributed by atoms with Gasteiger partial charge in [0, 0.05) is 74.8 Å². The Morgan fingerprint density at radius 1 is 1.06 bits per heavy atom. The molecule has 2 saturated heterocycles. The van der Waals surface area contributed by atoms with Crippen molar-refractivity contribution in [3.63, 3.8) is 0 Å². The molecule has 360 valence electrons. The normalized spacial score (nSPS) is 21.6. The number of hydrogen-bond acceptors (Lipinski definition) is 11. The van der Waals surface area contributed by atoms with Gasteiger partial charge < -0.3 is 34.3 Å². The number of cyclic esters (lactones) is 1. The minimum Gasteiger partial charge on any atom is -0.508 e. The number of rotatable bonds is 12. The number of hydrazine groups is 1.